The minimum absolute atomic E-state index is 0.307. The number of esters is 1. The van der Waals surface area contributed by atoms with Crippen LogP contribution in [-0.4, -0.2) is 63.1 Å². The van der Waals surface area contributed by atoms with Crippen molar-refractivity contribution in [2.75, 3.05) is 41.0 Å². The van der Waals surface area contributed by atoms with E-state index < -0.39 is 5.97 Å². The van der Waals surface area contributed by atoms with Gasteiger partial charge in [0.2, 0.25) is 0 Å². The maximum absolute atomic E-state index is 12.4. The van der Waals surface area contributed by atoms with Gasteiger partial charge < -0.3 is 28.4 Å². The van der Waals surface area contributed by atoms with E-state index in [1.165, 1.54) is 21.3 Å². The molecule has 34 heavy (non-hydrogen) atoms. The van der Waals surface area contributed by atoms with Crippen molar-refractivity contribution in [2.45, 2.75) is 13.3 Å². The molecule has 9 nitrogen and oxygen atoms in total. The molecule has 0 unspecified atom stereocenters. The molecule has 9 heteroatoms. The molecule has 2 heterocycles. The lowest BCUT2D eigenvalue weighted by Crippen LogP contribution is -2.24. The Labute approximate surface area is 196 Å². The van der Waals surface area contributed by atoms with Crippen molar-refractivity contribution in [1.29, 1.82) is 0 Å². The normalized spacial score (nSPS) is 13.8. The quantitative estimate of drug-likeness (QED) is 0.455. The van der Waals surface area contributed by atoms with Crippen LogP contribution < -0.4 is 9.47 Å². The lowest BCUT2D eigenvalue weighted by Gasteiger charge is -2.15. The van der Waals surface area contributed by atoms with Crippen LogP contribution in [0.3, 0.4) is 0 Å². The van der Waals surface area contributed by atoms with Gasteiger partial charge in [0.05, 0.1) is 33.3 Å². The number of ether oxygens (including phenoxy) is 4. The molecule has 3 aromatic rings. The fraction of sp³-hybridized carbons (Fsp3) is 0.320. The number of nitrogens with zero attached hydrogens (tertiary/aromatic N) is 2. The molecular formula is C25H26N2O7. The van der Waals surface area contributed by atoms with Crippen LogP contribution in [0, 0.1) is 6.92 Å². The van der Waals surface area contributed by atoms with Gasteiger partial charge in [-0.3, -0.25) is 0 Å². The van der Waals surface area contributed by atoms with Crippen molar-refractivity contribution >= 4 is 28.6 Å². The third-order valence-electron chi connectivity index (χ3n) is 5.74. The van der Waals surface area contributed by atoms with E-state index in [9.17, 15) is 9.59 Å². The SMILES string of the molecule is COC(=O)c1cc(/C(=C\CCN2CCOC2=O)c2cc(C)c3onc(OC)c3c2)ccc1OC. The molecule has 0 radical (unpaired) electrons. The largest absolute Gasteiger partial charge is 0.496 e. The topological polar surface area (TPSA) is 100 Å². The molecule has 4 rings (SSSR count). The Morgan fingerprint density at radius 1 is 1.15 bits per heavy atom. The predicted octanol–water partition coefficient (Wildman–Crippen LogP) is 4.21. The number of cyclic esters (lactones) is 1. The number of amides is 1. The zero-order valence-electron chi connectivity index (χ0n) is 19.5. The summed E-state index contributed by atoms with van der Waals surface area (Å²) in [5.74, 6) is 0.316. The number of methoxy groups -OCH3 is 3. The molecule has 1 amide bonds. The fourth-order valence-electron chi connectivity index (χ4n) is 4.03. The highest BCUT2D eigenvalue weighted by molar-refractivity contribution is 5.96. The third kappa shape index (κ3) is 4.41. The number of carbonyl (C=O) groups is 2. The molecule has 2 aromatic carbocycles. The van der Waals surface area contributed by atoms with Gasteiger partial charge in [-0.05, 0) is 65.0 Å². The first-order valence-corrected chi connectivity index (χ1v) is 10.8. The Morgan fingerprint density at radius 3 is 2.65 bits per heavy atom. The molecule has 1 aliphatic rings. The average Bonchev–Trinajstić information content (AvgIpc) is 3.46. The van der Waals surface area contributed by atoms with E-state index >= 15 is 0 Å². The smallest absolute Gasteiger partial charge is 0.409 e. The van der Waals surface area contributed by atoms with Crippen molar-refractivity contribution in [1.82, 2.24) is 10.1 Å². The number of benzene rings is 2. The molecule has 0 N–H and O–H groups in total. The first kappa shape index (κ1) is 23.2. The van der Waals surface area contributed by atoms with Gasteiger partial charge in [0.15, 0.2) is 5.58 Å². The minimum atomic E-state index is -0.495. The number of aromatic nitrogens is 1. The molecule has 0 saturated carbocycles. The lowest BCUT2D eigenvalue weighted by atomic mass is 9.93. The summed E-state index contributed by atoms with van der Waals surface area (Å²) in [6.07, 6.45) is 2.32. The zero-order valence-corrected chi connectivity index (χ0v) is 19.5. The standard InChI is InChI=1S/C25H26N2O7/c1-15-12-17(14-20-22(15)34-26-23(20)31-3)18(6-5-9-27-10-11-33-25(27)29)16-7-8-21(30-2)19(13-16)24(28)32-4/h6-8,12-14H,5,9-11H2,1-4H3/b18-6+. The number of hydrogen-bond donors (Lipinski definition) is 0. The Hall–Kier alpha value is -4.01. The summed E-state index contributed by atoms with van der Waals surface area (Å²) < 4.78 is 26.1. The van der Waals surface area contributed by atoms with E-state index in [0.717, 1.165) is 27.6 Å². The second kappa shape index (κ2) is 9.86. The molecule has 1 saturated heterocycles. The number of fused-ring (bicyclic) bond motifs is 1. The van der Waals surface area contributed by atoms with Crippen LogP contribution in [0.25, 0.3) is 16.5 Å². The highest BCUT2D eigenvalue weighted by Gasteiger charge is 2.22. The summed E-state index contributed by atoms with van der Waals surface area (Å²) in [4.78, 5) is 25.9. The first-order valence-electron chi connectivity index (χ1n) is 10.8. The molecule has 0 bridgehead atoms. The Kier molecular flexibility index (Phi) is 6.72. The van der Waals surface area contributed by atoms with Gasteiger partial charge in [-0.25, -0.2) is 9.59 Å². The van der Waals surface area contributed by atoms with Gasteiger partial charge in [-0.15, -0.1) is 0 Å². The van der Waals surface area contributed by atoms with Gasteiger partial charge in [-0.2, -0.15) is 0 Å². The molecular weight excluding hydrogens is 440 g/mol. The molecule has 0 atom stereocenters. The molecule has 1 fully saturated rings. The minimum Gasteiger partial charge on any atom is -0.496 e. The first-order chi connectivity index (χ1) is 16.5. The number of rotatable bonds is 8. The second-order valence-corrected chi connectivity index (χ2v) is 7.78. The highest BCUT2D eigenvalue weighted by Crippen LogP contribution is 2.35. The van der Waals surface area contributed by atoms with E-state index in [4.69, 9.17) is 23.5 Å². The van der Waals surface area contributed by atoms with Crippen LogP contribution in [0.4, 0.5) is 4.79 Å². The van der Waals surface area contributed by atoms with Crippen LogP contribution >= 0.6 is 0 Å². The number of carbonyl (C=O) groups excluding carboxylic acids is 2. The molecule has 1 aromatic heterocycles. The van der Waals surface area contributed by atoms with Crippen LogP contribution in [0.1, 0.15) is 33.5 Å². The second-order valence-electron chi connectivity index (χ2n) is 7.78. The van der Waals surface area contributed by atoms with Gasteiger partial charge in [0.25, 0.3) is 5.88 Å². The Balaban J connectivity index is 1.81. The summed E-state index contributed by atoms with van der Waals surface area (Å²) in [6.45, 7) is 3.42. The fourth-order valence-corrected chi connectivity index (χ4v) is 4.03. The maximum Gasteiger partial charge on any atom is 0.409 e. The van der Waals surface area contributed by atoms with Crippen LogP contribution in [-0.2, 0) is 9.47 Å². The summed E-state index contributed by atoms with van der Waals surface area (Å²) in [7, 11) is 4.37. The van der Waals surface area contributed by atoms with Crippen molar-refractivity contribution in [3.05, 3.63) is 58.7 Å². The van der Waals surface area contributed by atoms with Crippen molar-refractivity contribution < 1.29 is 33.1 Å². The number of hydrogen-bond acceptors (Lipinski definition) is 8. The van der Waals surface area contributed by atoms with Crippen LogP contribution in [0.15, 0.2) is 40.9 Å². The van der Waals surface area contributed by atoms with Gasteiger partial charge in [0, 0.05) is 6.54 Å². The molecule has 0 aliphatic carbocycles. The van der Waals surface area contributed by atoms with Gasteiger partial charge >= 0.3 is 12.1 Å². The van der Waals surface area contributed by atoms with E-state index in [2.05, 4.69) is 5.16 Å². The van der Waals surface area contributed by atoms with Crippen molar-refractivity contribution in [3.8, 4) is 11.6 Å². The summed E-state index contributed by atoms with van der Waals surface area (Å²) >= 11 is 0. The van der Waals surface area contributed by atoms with Gasteiger partial charge in [0.1, 0.15) is 17.9 Å². The molecule has 0 spiro atoms. The van der Waals surface area contributed by atoms with E-state index in [1.807, 2.05) is 31.2 Å². The average molecular weight is 466 g/mol. The van der Waals surface area contributed by atoms with Crippen LogP contribution in [0.5, 0.6) is 11.6 Å². The summed E-state index contributed by atoms with van der Waals surface area (Å²) in [5, 5.41) is 4.73. The Morgan fingerprint density at radius 2 is 1.97 bits per heavy atom. The van der Waals surface area contributed by atoms with Crippen LogP contribution in [0.2, 0.25) is 0 Å². The van der Waals surface area contributed by atoms with Crippen molar-refractivity contribution in [2.24, 2.45) is 0 Å². The van der Waals surface area contributed by atoms with E-state index in [1.54, 1.807) is 17.0 Å². The summed E-state index contributed by atoms with van der Waals surface area (Å²) in [5.41, 5.74) is 4.39. The zero-order chi connectivity index (χ0) is 24.2. The predicted molar refractivity (Wildman–Crippen MR) is 124 cm³/mol. The maximum atomic E-state index is 12.4. The summed E-state index contributed by atoms with van der Waals surface area (Å²) in [6, 6.07) is 9.29. The molecule has 178 valence electrons. The van der Waals surface area contributed by atoms with Gasteiger partial charge in [-0.1, -0.05) is 12.1 Å². The monoisotopic (exact) mass is 466 g/mol. The Bertz CT molecular complexity index is 1260. The highest BCUT2D eigenvalue weighted by atomic mass is 16.6. The molecule has 1 aliphatic heterocycles. The van der Waals surface area contributed by atoms with E-state index in [-0.39, 0.29) is 6.09 Å². The van der Waals surface area contributed by atoms with E-state index in [0.29, 0.717) is 48.9 Å². The van der Waals surface area contributed by atoms with Crippen molar-refractivity contribution in [3.63, 3.8) is 0 Å². The third-order valence-corrected chi connectivity index (χ3v) is 5.74. The number of aryl methyl sites for hydroxylation is 1. The lowest BCUT2D eigenvalue weighted by molar-refractivity contribution is 0.0597.